The van der Waals surface area contributed by atoms with Crippen LogP contribution in [0.15, 0.2) is 47.4 Å². The smallest absolute Gasteiger partial charge is 0.264 e. The average molecular weight is 351 g/mol. The summed E-state index contributed by atoms with van der Waals surface area (Å²) in [5, 5.41) is 3.88. The Hall–Kier alpha value is -1.56. The number of rotatable bonds is 3. The maximum Gasteiger partial charge on any atom is 0.264 e. The van der Waals surface area contributed by atoms with Gasteiger partial charge in [-0.05, 0) is 42.3 Å². The van der Waals surface area contributed by atoms with Gasteiger partial charge in [0.05, 0.1) is 16.6 Å². The quantitative estimate of drug-likeness (QED) is 0.920. The molecule has 0 radical (unpaired) electrons. The fourth-order valence-electron chi connectivity index (χ4n) is 2.94. The highest BCUT2D eigenvalue weighted by Crippen LogP contribution is 2.40. The van der Waals surface area contributed by atoms with Gasteiger partial charge in [-0.25, -0.2) is 8.42 Å². The fourth-order valence-corrected chi connectivity index (χ4v) is 4.66. The highest BCUT2D eigenvalue weighted by molar-refractivity contribution is 7.92. The molecule has 2 aromatic rings. The van der Waals surface area contributed by atoms with Crippen molar-refractivity contribution in [1.29, 1.82) is 0 Å². The number of para-hydroxylation sites is 1. The number of anilines is 1. The summed E-state index contributed by atoms with van der Waals surface area (Å²) in [5.74, 6) is 0. The van der Waals surface area contributed by atoms with Crippen LogP contribution in [0.5, 0.6) is 0 Å². The molecule has 0 spiro atoms. The third-order valence-electron chi connectivity index (χ3n) is 4.11. The van der Waals surface area contributed by atoms with Gasteiger partial charge in [-0.2, -0.15) is 0 Å². The third-order valence-corrected chi connectivity index (χ3v) is 6.17. The molecule has 1 aliphatic heterocycles. The van der Waals surface area contributed by atoms with E-state index in [1.807, 2.05) is 24.3 Å². The molecule has 0 saturated carbocycles. The minimum atomic E-state index is -3.64. The van der Waals surface area contributed by atoms with Crippen LogP contribution >= 0.6 is 11.6 Å². The second kappa shape index (κ2) is 6.15. The molecule has 1 atom stereocenters. The molecule has 0 fully saturated rings. The predicted octanol–water partition coefficient (Wildman–Crippen LogP) is 3.57. The lowest BCUT2D eigenvalue weighted by molar-refractivity contribution is 0.582. The van der Waals surface area contributed by atoms with E-state index < -0.39 is 10.0 Å². The Balaban J connectivity index is 2.32. The van der Waals surface area contributed by atoms with E-state index in [0.717, 1.165) is 24.1 Å². The summed E-state index contributed by atoms with van der Waals surface area (Å²) < 4.78 is 27.3. The number of nitrogens with zero attached hydrogens (tertiary/aromatic N) is 1. The molecule has 3 rings (SSSR count). The van der Waals surface area contributed by atoms with Crippen molar-refractivity contribution in [3.8, 4) is 0 Å². The lowest BCUT2D eigenvalue weighted by Crippen LogP contribution is -2.26. The van der Waals surface area contributed by atoms with Crippen LogP contribution in [-0.2, 0) is 10.0 Å². The maximum absolute atomic E-state index is 13.0. The monoisotopic (exact) mass is 350 g/mol. The van der Waals surface area contributed by atoms with Gasteiger partial charge in [0.15, 0.2) is 0 Å². The van der Waals surface area contributed by atoms with E-state index in [2.05, 4.69) is 12.2 Å². The van der Waals surface area contributed by atoms with Crippen LogP contribution in [0.25, 0.3) is 0 Å². The summed E-state index contributed by atoms with van der Waals surface area (Å²) in [6.07, 6.45) is 0.962. The van der Waals surface area contributed by atoms with Crippen molar-refractivity contribution >= 4 is 27.3 Å². The molecule has 6 heteroatoms. The lowest BCUT2D eigenvalue weighted by Gasteiger charge is -2.21. The fraction of sp³-hybridized carbons (Fsp3) is 0.294. The average Bonchev–Trinajstić information content (AvgIpc) is 2.61. The molecule has 0 bridgehead atoms. The van der Waals surface area contributed by atoms with Gasteiger partial charge in [-0.1, -0.05) is 42.8 Å². The highest BCUT2D eigenvalue weighted by Gasteiger charge is 2.34. The number of fused-ring (bicyclic) bond motifs is 2. The van der Waals surface area contributed by atoms with E-state index in [9.17, 15) is 8.42 Å². The molecule has 122 valence electrons. The SMILES string of the molecule is CCCNC1c2ccccc2N(C)S(=O)(=O)c2cc(Cl)ccc21. The number of hydrogen-bond donors (Lipinski definition) is 1. The van der Waals surface area contributed by atoms with Crippen molar-refractivity contribution < 1.29 is 8.42 Å². The van der Waals surface area contributed by atoms with Crippen molar-refractivity contribution in [1.82, 2.24) is 5.32 Å². The number of hydrogen-bond acceptors (Lipinski definition) is 3. The van der Waals surface area contributed by atoms with E-state index in [1.165, 1.54) is 10.4 Å². The van der Waals surface area contributed by atoms with E-state index in [4.69, 9.17) is 11.6 Å². The first-order chi connectivity index (χ1) is 11.0. The molecule has 0 amide bonds. The number of halogens is 1. The van der Waals surface area contributed by atoms with Crippen LogP contribution in [0.2, 0.25) is 5.02 Å². The van der Waals surface area contributed by atoms with Crippen molar-refractivity contribution in [3.63, 3.8) is 0 Å². The van der Waals surface area contributed by atoms with Crippen molar-refractivity contribution in [2.24, 2.45) is 0 Å². The lowest BCUT2D eigenvalue weighted by atomic mass is 9.97. The Kier molecular flexibility index (Phi) is 4.36. The normalized spacial score (nSPS) is 18.9. The second-order valence-corrected chi connectivity index (χ2v) is 7.97. The molecule has 0 saturated heterocycles. The van der Waals surface area contributed by atoms with E-state index in [0.29, 0.717) is 10.7 Å². The molecule has 4 nitrogen and oxygen atoms in total. The Morgan fingerprint density at radius 2 is 1.91 bits per heavy atom. The Bertz CT molecular complexity index is 836. The first-order valence-electron chi connectivity index (χ1n) is 7.57. The number of sulfonamides is 1. The van der Waals surface area contributed by atoms with Gasteiger partial charge in [0.25, 0.3) is 10.0 Å². The number of nitrogens with one attached hydrogen (secondary N) is 1. The third kappa shape index (κ3) is 2.73. The van der Waals surface area contributed by atoms with Crippen LogP contribution in [-0.4, -0.2) is 22.0 Å². The summed E-state index contributed by atoms with van der Waals surface area (Å²) in [5.41, 5.74) is 2.38. The minimum Gasteiger partial charge on any atom is -0.306 e. The molecular formula is C17H19ClN2O2S. The summed E-state index contributed by atoms with van der Waals surface area (Å²) >= 11 is 6.06. The molecule has 1 N–H and O–H groups in total. The van der Waals surface area contributed by atoms with Crippen molar-refractivity contribution in [2.45, 2.75) is 24.3 Å². The van der Waals surface area contributed by atoms with Gasteiger partial charge in [0, 0.05) is 12.1 Å². The number of benzene rings is 2. The van der Waals surface area contributed by atoms with E-state index >= 15 is 0 Å². The topological polar surface area (TPSA) is 49.4 Å². The minimum absolute atomic E-state index is 0.182. The van der Waals surface area contributed by atoms with Crippen LogP contribution in [0.3, 0.4) is 0 Å². The van der Waals surface area contributed by atoms with Crippen LogP contribution in [0, 0.1) is 0 Å². The summed E-state index contributed by atoms with van der Waals surface area (Å²) in [6, 6.07) is 12.5. The van der Waals surface area contributed by atoms with Gasteiger partial charge in [-0.15, -0.1) is 0 Å². The molecule has 0 aliphatic carbocycles. The van der Waals surface area contributed by atoms with Crippen LogP contribution in [0.1, 0.15) is 30.5 Å². The van der Waals surface area contributed by atoms with E-state index in [1.54, 1.807) is 19.2 Å². The van der Waals surface area contributed by atoms with E-state index in [-0.39, 0.29) is 10.9 Å². The highest BCUT2D eigenvalue weighted by atomic mass is 35.5. The van der Waals surface area contributed by atoms with Gasteiger partial charge >= 0.3 is 0 Å². The zero-order valence-corrected chi connectivity index (χ0v) is 14.7. The summed E-state index contributed by atoms with van der Waals surface area (Å²) in [4.78, 5) is 0.261. The maximum atomic E-state index is 13.0. The first kappa shape index (κ1) is 16.3. The first-order valence-corrected chi connectivity index (χ1v) is 9.39. The molecule has 23 heavy (non-hydrogen) atoms. The summed E-state index contributed by atoms with van der Waals surface area (Å²) in [6.45, 7) is 2.88. The molecule has 1 unspecified atom stereocenters. The zero-order chi connectivity index (χ0) is 16.6. The Morgan fingerprint density at radius 1 is 1.17 bits per heavy atom. The van der Waals surface area contributed by atoms with Gasteiger partial charge in [0.2, 0.25) is 0 Å². The Morgan fingerprint density at radius 3 is 2.65 bits per heavy atom. The van der Waals surface area contributed by atoms with Gasteiger partial charge in [-0.3, -0.25) is 4.31 Å². The Labute approximate surface area is 142 Å². The van der Waals surface area contributed by atoms with Crippen LogP contribution < -0.4 is 9.62 Å². The molecule has 1 heterocycles. The van der Waals surface area contributed by atoms with Gasteiger partial charge in [0.1, 0.15) is 0 Å². The molecular weight excluding hydrogens is 332 g/mol. The van der Waals surface area contributed by atoms with Crippen molar-refractivity contribution in [2.75, 3.05) is 17.9 Å². The van der Waals surface area contributed by atoms with Crippen LogP contribution in [0.4, 0.5) is 5.69 Å². The largest absolute Gasteiger partial charge is 0.306 e. The second-order valence-electron chi connectivity index (χ2n) is 5.60. The molecule has 2 aromatic carbocycles. The molecule has 1 aliphatic rings. The van der Waals surface area contributed by atoms with Crippen molar-refractivity contribution in [3.05, 3.63) is 58.6 Å². The predicted molar refractivity (Wildman–Crippen MR) is 93.6 cm³/mol. The zero-order valence-electron chi connectivity index (χ0n) is 13.1. The molecule has 0 aromatic heterocycles. The standard InChI is InChI=1S/C17H19ClN2O2S/c1-3-10-19-17-13-6-4-5-7-15(13)20(2)23(21,22)16-11-12(18)8-9-14(16)17/h4-9,11,17,19H,3,10H2,1-2H3. The summed E-state index contributed by atoms with van der Waals surface area (Å²) in [7, 11) is -2.06. The van der Waals surface area contributed by atoms with Gasteiger partial charge < -0.3 is 5.32 Å².